The average molecular weight is 563 g/mol. The summed E-state index contributed by atoms with van der Waals surface area (Å²) in [5.41, 5.74) is 2.15. The minimum atomic E-state index is -0.527. The van der Waals surface area contributed by atoms with E-state index in [0.29, 0.717) is 47.2 Å². The number of hydrogen-bond acceptors (Lipinski definition) is 9. The highest BCUT2D eigenvalue weighted by atomic mass is 19.1. The number of halogens is 1. The van der Waals surface area contributed by atoms with Gasteiger partial charge in [0.25, 0.3) is 5.91 Å². The Kier molecular flexibility index (Phi) is 7.03. The van der Waals surface area contributed by atoms with E-state index in [-0.39, 0.29) is 36.3 Å². The number of fused-ring (bicyclic) bond motifs is 2. The van der Waals surface area contributed by atoms with E-state index in [4.69, 9.17) is 9.47 Å². The first-order chi connectivity index (χ1) is 19.7. The van der Waals surface area contributed by atoms with Crippen molar-refractivity contribution in [3.63, 3.8) is 0 Å². The quantitative estimate of drug-likeness (QED) is 0.350. The Labute approximate surface area is 235 Å². The monoisotopic (exact) mass is 562 g/mol. The number of cyclic esters (lactones) is 1. The van der Waals surface area contributed by atoms with Crippen molar-refractivity contribution in [3.05, 3.63) is 48.0 Å². The molecule has 0 unspecified atom stereocenters. The maximum Gasteiger partial charge on any atom is 0.410 e. The molecule has 0 spiro atoms. The van der Waals surface area contributed by atoms with Gasteiger partial charge in [-0.2, -0.15) is 10.1 Å². The number of nitrogens with one attached hydrogen (secondary N) is 2. The van der Waals surface area contributed by atoms with Crippen LogP contribution in [0.25, 0.3) is 21.8 Å². The molecule has 2 atom stereocenters. The Morgan fingerprint density at radius 2 is 2.02 bits per heavy atom. The number of aromatic nitrogens is 4. The second kappa shape index (κ2) is 10.8. The molecule has 0 aliphatic carbocycles. The van der Waals surface area contributed by atoms with Crippen LogP contribution < -0.4 is 20.3 Å². The fourth-order valence-corrected chi connectivity index (χ4v) is 5.50. The number of hydrogen-bond donors (Lipinski definition) is 2. The number of nitrogens with zero attached hydrogens (tertiary/aromatic N) is 6. The minimum absolute atomic E-state index is 0.0844. The van der Waals surface area contributed by atoms with Crippen LogP contribution in [0, 0.1) is 5.82 Å². The molecule has 214 valence electrons. The van der Waals surface area contributed by atoms with Crippen LogP contribution in [-0.2, 0) is 11.8 Å². The van der Waals surface area contributed by atoms with Crippen molar-refractivity contribution < 1.29 is 23.5 Å². The molecule has 12 nitrogen and oxygen atoms in total. The van der Waals surface area contributed by atoms with Crippen LogP contribution in [0.5, 0.6) is 6.01 Å². The molecule has 2 aliphatic heterocycles. The number of piperazine rings is 1. The molecular formula is C28H31FN8O4. The van der Waals surface area contributed by atoms with Gasteiger partial charge in [-0.25, -0.2) is 14.2 Å². The summed E-state index contributed by atoms with van der Waals surface area (Å²) in [4.78, 5) is 38.1. The van der Waals surface area contributed by atoms with Crippen molar-refractivity contribution in [2.24, 2.45) is 7.05 Å². The van der Waals surface area contributed by atoms with Gasteiger partial charge in [0, 0.05) is 66.8 Å². The molecule has 2 aliphatic rings. The number of ether oxygens (including phenoxy) is 2. The van der Waals surface area contributed by atoms with E-state index in [2.05, 4.69) is 44.4 Å². The fraction of sp³-hybridized carbons (Fsp3) is 0.393. The topological polar surface area (TPSA) is 127 Å². The largest absolute Gasteiger partial charge is 0.462 e. The number of benzene rings is 2. The van der Waals surface area contributed by atoms with Gasteiger partial charge in [0.15, 0.2) is 5.82 Å². The zero-order valence-electron chi connectivity index (χ0n) is 23.1. The van der Waals surface area contributed by atoms with Gasteiger partial charge in [0.2, 0.25) is 0 Å². The predicted molar refractivity (Wildman–Crippen MR) is 151 cm³/mol. The summed E-state index contributed by atoms with van der Waals surface area (Å²) >= 11 is 0. The van der Waals surface area contributed by atoms with E-state index in [1.807, 2.05) is 6.07 Å². The molecule has 13 heteroatoms. The van der Waals surface area contributed by atoms with E-state index >= 15 is 0 Å². The van der Waals surface area contributed by atoms with Crippen molar-refractivity contribution in [2.45, 2.75) is 25.9 Å². The van der Waals surface area contributed by atoms with E-state index < -0.39 is 11.7 Å². The summed E-state index contributed by atoms with van der Waals surface area (Å²) in [7, 11) is 1.71. The Balaban J connectivity index is 1.32. The number of carbonyl (C=O) groups is 2. The van der Waals surface area contributed by atoms with Crippen molar-refractivity contribution in [3.8, 4) is 6.01 Å². The highest BCUT2D eigenvalue weighted by Gasteiger charge is 2.25. The maximum absolute atomic E-state index is 14.7. The number of aryl methyl sites for hydroxylation is 1. The van der Waals surface area contributed by atoms with E-state index in [0.717, 1.165) is 18.8 Å². The molecule has 2 amide bonds. The van der Waals surface area contributed by atoms with Crippen LogP contribution >= 0.6 is 0 Å². The molecule has 4 heterocycles. The number of carbonyl (C=O) groups excluding carboxylic acids is 2. The van der Waals surface area contributed by atoms with Crippen LogP contribution in [-0.4, -0.2) is 88.1 Å². The first-order valence-corrected chi connectivity index (χ1v) is 13.5. The minimum Gasteiger partial charge on any atom is -0.462 e. The Morgan fingerprint density at radius 3 is 2.78 bits per heavy atom. The van der Waals surface area contributed by atoms with Gasteiger partial charge in [0.1, 0.15) is 18.7 Å². The van der Waals surface area contributed by atoms with E-state index in [1.165, 1.54) is 10.7 Å². The van der Waals surface area contributed by atoms with Gasteiger partial charge >= 0.3 is 12.1 Å². The zero-order valence-corrected chi connectivity index (χ0v) is 23.1. The SMILES string of the molecule is C[C@H]1CN(c2ccc(C(=O)Nc3cc(F)c4nn(C)cc4c3)c3nc(OCCN4CCOC4=O)ncc23)C[C@H](C)N1. The summed E-state index contributed by atoms with van der Waals surface area (Å²) < 4.78 is 26.9. The van der Waals surface area contributed by atoms with Crippen LogP contribution in [0.4, 0.5) is 20.6 Å². The Morgan fingerprint density at radius 1 is 1.22 bits per heavy atom. The summed E-state index contributed by atoms with van der Waals surface area (Å²) in [5, 5.41) is 11.7. The smallest absolute Gasteiger partial charge is 0.410 e. The molecular weight excluding hydrogens is 531 g/mol. The lowest BCUT2D eigenvalue weighted by atomic mass is 10.0. The summed E-state index contributed by atoms with van der Waals surface area (Å²) in [6, 6.07) is 7.18. The van der Waals surface area contributed by atoms with Crippen LogP contribution in [0.1, 0.15) is 24.2 Å². The van der Waals surface area contributed by atoms with Crippen molar-refractivity contribution in [2.75, 3.05) is 49.6 Å². The number of amides is 2. The van der Waals surface area contributed by atoms with Crippen molar-refractivity contribution >= 4 is 45.2 Å². The molecule has 2 aromatic heterocycles. The van der Waals surface area contributed by atoms with Gasteiger partial charge in [-0.3, -0.25) is 9.48 Å². The standard InChI is InChI=1S/C28H31FN8O4/c1-16-13-37(14-17(2)31-16)23-5-4-20(26(38)32-19-10-18-15-35(3)34-24(18)22(29)11-19)25-21(23)12-30-27(33-25)40-8-6-36-7-9-41-28(36)39/h4-5,10-12,15-17,31H,6-9,13-14H2,1-3H3,(H,32,38)/t16-,17-/m0/s1. The average Bonchev–Trinajstić information content (AvgIpc) is 3.51. The summed E-state index contributed by atoms with van der Waals surface area (Å²) in [6.07, 6.45) is 2.97. The third kappa shape index (κ3) is 5.44. The lowest BCUT2D eigenvalue weighted by Gasteiger charge is -2.38. The van der Waals surface area contributed by atoms with E-state index in [9.17, 15) is 14.0 Å². The predicted octanol–water partition coefficient (Wildman–Crippen LogP) is 2.93. The Hall–Kier alpha value is -4.52. The molecule has 6 rings (SSSR count). The second-order valence-corrected chi connectivity index (χ2v) is 10.5. The molecule has 0 bridgehead atoms. The summed E-state index contributed by atoms with van der Waals surface area (Å²) in [5.74, 6) is -0.976. The first kappa shape index (κ1) is 26.7. The molecule has 2 saturated heterocycles. The molecule has 0 saturated carbocycles. The van der Waals surface area contributed by atoms with Crippen molar-refractivity contribution in [1.82, 2.24) is 30.0 Å². The van der Waals surface area contributed by atoms with Gasteiger partial charge in [-0.15, -0.1) is 0 Å². The van der Waals surface area contributed by atoms with Crippen molar-refractivity contribution in [1.29, 1.82) is 0 Å². The normalized spacial score (nSPS) is 19.2. The van der Waals surface area contributed by atoms with Gasteiger partial charge in [0.05, 0.1) is 24.2 Å². The highest BCUT2D eigenvalue weighted by Crippen LogP contribution is 2.31. The third-order valence-electron chi connectivity index (χ3n) is 7.22. The first-order valence-electron chi connectivity index (χ1n) is 13.5. The molecule has 2 N–H and O–H groups in total. The van der Waals surface area contributed by atoms with Crippen LogP contribution in [0.2, 0.25) is 0 Å². The molecule has 0 radical (unpaired) electrons. The fourth-order valence-electron chi connectivity index (χ4n) is 5.50. The molecule has 4 aromatic rings. The van der Waals surface area contributed by atoms with E-state index in [1.54, 1.807) is 36.5 Å². The van der Waals surface area contributed by atoms with Gasteiger partial charge < -0.3 is 29.9 Å². The summed E-state index contributed by atoms with van der Waals surface area (Å²) in [6.45, 7) is 7.16. The van der Waals surface area contributed by atoms with Gasteiger partial charge in [-0.05, 0) is 38.1 Å². The molecule has 2 aromatic carbocycles. The zero-order chi connectivity index (χ0) is 28.7. The lowest BCUT2D eigenvalue weighted by Crippen LogP contribution is -2.54. The number of rotatable bonds is 7. The number of anilines is 2. The molecule has 41 heavy (non-hydrogen) atoms. The second-order valence-electron chi connectivity index (χ2n) is 10.5. The van der Waals surface area contributed by atoms with Crippen LogP contribution in [0.3, 0.4) is 0 Å². The Bertz CT molecular complexity index is 1630. The third-order valence-corrected chi connectivity index (χ3v) is 7.22. The maximum atomic E-state index is 14.7. The lowest BCUT2D eigenvalue weighted by molar-refractivity contribution is 0.102. The van der Waals surface area contributed by atoms with Crippen LogP contribution in [0.15, 0.2) is 36.7 Å². The molecule has 2 fully saturated rings. The highest BCUT2D eigenvalue weighted by molar-refractivity contribution is 6.14. The van der Waals surface area contributed by atoms with Gasteiger partial charge in [-0.1, -0.05) is 0 Å².